The van der Waals surface area contributed by atoms with E-state index in [-0.39, 0.29) is 0 Å². The highest BCUT2D eigenvalue weighted by Gasteiger charge is 2.29. The Morgan fingerprint density at radius 3 is 2.52 bits per heavy atom. The number of rotatable bonds is 4. The molecule has 1 fully saturated rings. The van der Waals surface area contributed by atoms with Crippen LogP contribution in [0, 0.1) is 6.92 Å². The van der Waals surface area contributed by atoms with Crippen molar-refractivity contribution in [1.29, 1.82) is 0 Å². The van der Waals surface area contributed by atoms with E-state index in [1.165, 1.54) is 78.7 Å². The SMILES string of the molecule is Cc1ccc(CCN2CCC(N3CCc4ccc(Br)cc43)CC2)cc1. The summed E-state index contributed by atoms with van der Waals surface area (Å²) in [5.74, 6) is 0. The van der Waals surface area contributed by atoms with Gasteiger partial charge in [-0.2, -0.15) is 0 Å². The molecule has 2 nitrogen and oxygen atoms in total. The molecule has 0 aromatic heterocycles. The maximum Gasteiger partial charge on any atom is 0.0413 e. The monoisotopic (exact) mass is 398 g/mol. The van der Waals surface area contributed by atoms with E-state index in [1.54, 1.807) is 0 Å². The number of aryl methyl sites for hydroxylation is 1. The van der Waals surface area contributed by atoms with Gasteiger partial charge in [0.25, 0.3) is 0 Å². The number of hydrogen-bond acceptors (Lipinski definition) is 2. The third kappa shape index (κ3) is 3.93. The smallest absolute Gasteiger partial charge is 0.0413 e. The lowest BCUT2D eigenvalue weighted by molar-refractivity contribution is 0.212. The molecule has 2 aliphatic heterocycles. The second-order valence-electron chi connectivity index (χ2n) is 7.52. The molecule has 0 unspecified atom stereocenters. The molecule has 0 amide bonds. The van der Waals surface area contributed by atoms with Crippen LogP contribution in [0.3, 0.4) is 0 Å². The summed E-state index contributed by atoms with van der Waals surface area (Å²) in [6.45, 7) is 7.01. The van der Waals surface area contributed by atoms with Gasteiger partial charge in [-0.3, -0.25) is 0 Å². The first-order valence-electron chi connectivity index (χ1n) is 9.52. The maximum absolute atomic E-state index is 3.64. The number of hydrogen-bond donors (Lipinski definition) is 0. The number of likely N-dealkylation sites (tertiary alicyclic amines) is 1. The minimum absolute atomic E-state index is 0.714. The second-order valence-corrected chi connectivity index (χ2v) is 8.44. The standard InChI is InChI=1S/C22H27BrN2/c1-17-2-4-18(5-3-17)8-12-24-13-10-21(11-14-24)25-15-9-19-6-7-20(23)16-22(19)25/h2-7,16,21H,8-15H2,1H3. The predicted octanol–water partition coefficient (Wildman–Crippen LogP) is 4.83. The van der Waals surface area contributed by atoms with E-state index in [0.717, 1.165) is 0 Å². The van der Waals surface area contributed by atoms with Gasteiger partial charge in [0.05, 0.1) is 0 Å². The van der Waals surface area contributed by atoms with Crippen molar-refractivity contribution in [2.45, 2.75) is 38.6 Å². The molecule has 0 atom stereocenters. The van der Waals surface area contributed by atoms with Crippen LogP contribution in [0.5, 0.6) is 0 Å². The van der Waals surface area contributed by atoms with Crippen molar-refractivity contribution < 1.29 is 0 Å². The van der Waals surface area contributed by atoms with Gasteiger partial charge in [0, 0.05) is 42.4 Å². The van der Waals surface area contributed by atoms with Crippen LogP contribution in [-0.2, 0) is 12.8 Å². The van der Waals surface area contributed by atoms with E-state index in [4.69, 9.17) is 0 Å². The number of piperidine rings is 1. The highest BCUT2D eigenvalue weighted by Crippen LogP contribution is 2.34. The van der Waals surface area contributed by atoms with Crippen molar-refractivity contribution in [2.75, 3.05) is 31.1 Å². The minimum Gasteiger partial charge on any atom is -0.368 e. The maximum atomic E-state index is 3.64. The quantitative estimate of drug-likeness (QED) is 0.727. The van der Waals surface area contributed by atoms with E-state index in [9.17, 15) is 0 Å². The molecule has 4 rings (SSSR count). The molecule has 25 heavy (non-hydrogen) atoms. The van der Waals surface area contributed by atoms with Crippen LogP contribution >= 0.6 is 15.9 Å². The van der Waals surface area contributed by atoms with E-state index in [1.807, 2.05) is 0 Å². The van der Waals surface area contributed by atoms with Gasteiger partial charge in [-0.05, 0) is 55.9 Å². The first-order chi connectivity index (χ1) is 12.2. The fraction of sp³-hybridized carbons (Fsp3) is 0.455. The molecule has 0 N–H and O–H groups in total. The van der Waals surface area contributed by atoms with E-state index in [2.05, 4.69) is 75.1 Å². The Hall–Kier alpha value is -1.32. The van der Waals surface area contributed by atoms with Gasteiger partial charge in [0.15, 0.2) is 0 Å². The zero-order valence-electron chi connectivity index (χ0n) is 15.0. The third-order valence-electron chi connectivity index (χ3n) is 5.81. The number of benzene rings is 2. The summed E-state index contributed by atoms with van der Waals surface area (Å²) in [4.78, 5) is 5.31. The summed E-state index contributed by atoms with van der Waals surface area (Å²) in [7, 11) is 0. The first kappa shape index (κ1) is 17.1. The molecule has 132 valence electrons. The van der Waals surface area contributed by atoms with Crippen LogP contribution in [0.15, 0.2) is 46.9 Å². The molecule has 0 bridgehead atoms. The molecular weight excluding hydrogens is 372 g/mol. The topological polar surface area (TPSA) is 6.48 Å². The van der Waals surface area contributed by atoms with Crippen LogP contribution in [0.4, 0.5) is 5.69 Å². The Morgan fingerprint density at radius 2 is 1.76 bits per heavy atom. The average molecular weight is 399 g/mol. The lowest BCUT2D eigenvalue weighted by atomic mass is 10.0. The zero-order chi connectivity index (χ0) is 17.2. The molecule has 1 saturated heterocycles. The van der Waals surface area contributed by atoms with E-state index < -0.39 is 0 Å². The molecule has 3 heteroatoms. The Morgan fingerprint density at radius 1 is 1.00 bits per heavy atom. The van der Waals surface area contributed by atoms with Gasteiger partial charge >= 0.3 is 0 Å². The molecule has 0 saturated carbocycles. The number of fused-ring (bicyclic) bond motifs is 1. The largest absolute Gasteiger partial charge is 0.368 e. The van der Waals surface area contributed by atoms with Crippen molar-refractivity contribution in [3.63, 3.8) is 0 Å². The van der Waals surface area contributed by atoms with Crippen LogP contribution in [0.2, 0.25) is 0 Å². The van der Waals surface area contributed by atoms with Gasteiger partial charge in [-0.25, -0.2) is 0 Å². The summed E-state index contributed by atoms with van der Waals surface area (Å²) in [6.07, 6.45) is 4.96. The molecule has 0 radical (unpaired) electrons. The molecule has 2 aliphatic rings. The zero-order valence-corrected chi connectivity index (χ0v) is 16.6. The average Bonchev–Trinajstić information content (AvgIpc) is 3.05. The van der Waals surface area contributed by atoms with E-state index >= 15 is 0 Å². The van der Waals surface area contributed by atoms with Crippen molar-refractivity contribution in [3.8, 4) is 0 Å². The number of nitrogens with zero attached hydrogens (tertiary/aromatic N) is 2. The van der Waals surface area contributed by atoms with Gasteiger partial charge in [0.1, 0.15) is 0 Å². The summed E-state index contributed by atoms with van der Waals surface area (Å²) in [6, 6.07) is 16.5. The normalized spacial score (nSPS) is 18.6. The number of halogens is 1. The Kier molecular flexibility index (Phi) is 5.14. The summed E-state index contributed by atoms with van der Waals surface area (Å²) >= 11 is 3.64. The Bertz CT molecular complexity index is 717. The lowest BCUT2D eigenvalue weighted by Gasteiger charge is -2.38. The van der Waals surface area contributed by atoms with Crippen molar-refractivity contribution >= 4 is 21.6 Å². The highest BCUT2D eigenvalue weighted by molar-refractivity contribution is 9.10. The van der Waals surface area contributed by atoms with Crippen LogP contribution in [0.1, 0.15) is 29.5 Å². The van der Waals surface area contributed by atoms with Crippen molar-refractivity contribution in [1.82, 2.24) is 4.90 Å². The Labute approximate surface area is 160 Å². The lowest BCUT2D eigenvalue weighted by Crippen LogP contribution is -2.45. The molecule has 0 spiro atoms. The molecule has 2 aromatic rings. The van der Waals surface area contributed by atoms with Crippen molar-refractivity contribution in [3.05, 3.63) is 63.6 Å². The fourth-order valence-corrected chi connectivity index (χ4v) is 4.60. The molecule has 2 aromatic carbocycles. The summed E-state index contributed by atoms with van der Waals surface area (Å²) in [5.41, 5.74) is 5.80. The second kappa shape index (κ2) is 7.51. The third-order valence-corrected chi connectivity index (χ3v) is 6.31. The first-order valence-corrected chi connectivity index (χ1v) is 10.3. The summed E-state index contributed by atoms with van der Waals surface area (Å²) < 4.78 is 1.20. The highest BCUT2D eigenvalue weighted by atomic mass is 79.9. The Balaban J connectivity index is 1.30. The number of anilines is 1. The minimum atomic E-state index is 0.714. The molecule has 0 aliphatic carbocycles. The molecular formula is C22H27BrN2. The summed E-state index contributed by atoms with van der Waals surface area (Å²) in [5, 5.41) is 0. The van der Waals surface area contributed by atoms with Gasteiger partial charge < -0.3 is 9.80 Å². The van der Waals surface area contributed by atoms with Gasteiger partial charge in [-0.1, -0.05) is 51.8 Å². The fourth-order valence-electron chi connectivity index (χ4n) is 4.25. The van der Waals surface area contributed by atoms with Crippen molar-refractivity contribution in [2.24, 2.45) is 0 Å². The van der Waals surface area contributed by atoms with Crippen LogP contribution in [0.25, 0.3) is 0 Å². The molecule has 2 heterocycles. The van der Waals surface area contributed by atoms with Crippen LogP contribution < -0.4 is 4.90 Å². The predicted molar refractivity (Wildman–Crippen MR) is 110 cm³/mol. The van der Waals surface area contributed by atoms with Crippen LogP contribution in [-0.4, -0.2) is 37.1 Å². The van der Waals surface area contributed by atoms with E-state index in [0.29, 0.717) is 6.04 Å². The van der Waals surface area contributed by atoms with Gasteiger partial charge in [0.2, 0.25) is 0 Å². The van der Waals surface area contributed by atoms with Gasteiger partial charge in [-0.15, -0.1) is 0 Å².